The lowest BCUT2D eigenvalue weighted by atomic mass is 10.1. The smallest absolute Gasteiger partial charge is 0.191 e. The molecule has 1 unspecified atom stereocenters. The highest BCUT2D eigenvalue weighted by Crippen LogP contribution is 2.29. The van der Waals surface area contributed by atoms with Crippen LogP contribution in [0.15, 0.2) is 46.0 Å². The van der Waals surface area contributed by atoms with E-state index in [0.29, 0.717) is 36.1 Å². The van der Waals surface area contributed by atoms with Crippen molar-refractivity contribution in [1.29, 1.82) is 0 Å². The zero-order valence-electron chi connectivity index (χ0n) is 14.8. The van der Waals surface area contributed by atoms with Crippen LogP contribution in [-0.2, 0) is 6.54 Å². The molecule has 7 heteroatoms. The molecule has 1 aromatic heterocycles. The second-order valence-corrected chi connectivity index (χ2v) is 5.28. The lowest BCUT2D eigenvalue weighted by Crippen LogP contribution is -2.39. The van der Waals surface area contributed by atoms with Crippen molar-refractivity contribution in [3.63, 3.8) is 0 Å². The van der Waals surface area contributed by atoms with Gasteiger partial charge in [0.1, 0.15) is 23.8 Å². The average molecular weight is 347 g/mol. The summed E-state index contributed by atoms with van der Waals surface area (Å²) in [6.45, 7) is 3.38. The van der Waals surface area contributed by atoms with Gasteiger partial charge in [0.25, 0.3) is 0 Å². The maximum atomic E-state index is 10.5. The molecule has 1 atom stereocenters. The molecule has 0 saturated heterocycles. The Labute approximate surface area is 147 Å². The lowest BCUT2D eigenvalue weighted by molar-refractivity contribution is 0.176. The van der Waals surface area contributed by atoms with Crippen molar-refractivity contribution in [2.75, 3.05) is 27.3 Å². The van der Waals surface area contributed by atoms with Crippen LogP contribution < -0.4 is 20.1 Å². The van der Waals surface area contributed by atoms with Gasteiger partial charge in [0, 0.05) is 18.7 Å². The van der Waals surface area contributed by atoms with Gasteiger partial charge in [-0.25, -0.2) is 4.99 Å². The van der Waals surface area contributed by atoms with Crippen LogP contribution in [0.3, 0.4) is 0 Å². The highest BCUT2D eigenvalue weighted by atomic mass is 16.5. The van der Waals surface area contributed by atoms with E-state index in [1.54, 1.807) is 38.7 Å². The number of nitrogens with zero attached hydrogens (tertiary/aromatic N) is 1. The van der Waals surface area contributed by atoms with Crippen LogP contribution in [0.2, 0.25) is 0 Å². The highest BCUT2D eigenvalue weighted by molar-refractivity contribution is 5.79. The van der Waals surface area contributed by atoms with Gasteiger partial charge in [-0.1, -0.05) is 0 Å². The Hall–Kier alpha value is -2.67. The number of hydrogen-bond acceptors (Lipinski definition) is 5. The minimum Gasteiger partial charge on any atom is -0.497 e. The maximum absolute atomic E-state index is 10.5. The number of aliphatic imine (C=N–C) groups is 1. The Balaban J connectivity index is 2.02. The minimum atomic E-state index is -0.780. The molecule has 25 heavy (non-hydrogen) atoms. The average Bonchev–Trinajstić information content (AvgIpc) is 3.16. The fourth-order valence-electron chi connectivity index (χ4n) is 2.30. The number of nitrogens with one attached hydrogen (secondary N) is 2. The molecule has 0 spiro atoms. The van der Waals surface area contributed by atoms with E-state index < -0.39 is 6.10 Å². The number of benzene rings is 1. The molecule has 0 fully saturated rings. The lowest BCUT2D eigenvalue weighted by Gasteiger charge is -2.18. The normalized spacial score (nSPS) is 12.6. The Bertz CT molecular complexity index is 671. The molecule has 136 valence electrons. The van der Waals surface area contributed by atoms with Crippen molar-refractivity contribution in [1.82, 2.24) is 10.6 Å². The van der Waals surface area contributed by atoms with Gasteiger partial charge in [-0.15, -0.1) is 0 Å². The molecule has 2 rings (SSSR count). The van der Waals surface area contributed by atoms with Crippen molar-refractivity contribution < 1.29 is 19.0 Å². The van der Waals surface area contributed by atoms with Gasteiger partial charge in [0.15, 0.2) is 5.96 Å². The van der Waals surface area contributed by atoms with E-state index in [4.69, 9.17) is 13.9 Å². The van der Waals surface area contributed by atoms with Crippen LogP contribution >= 0.6 is 0 Å². The van der Waals surface area contributed by atoms with Crippen LogP contribution in [0.4, 0.5) is 0 Å². The SMILES string of the molecule is CCNC(=NCc1ccco1)NCC(O)c1cc(OC)ccc1OC. The molecule has 0 aliphatic carbocycles. The zero-order chi connectivity index (χ0) is 18.1. The third-order valence-corrected chi connectivity index (χ3v) is 3.58. The van der Waals surface area contributed by atoms with Gasteiger partial charge in [-0.2, -0.15) is 0 Å². The molecule has 1 heterocycles. The second-order valence-electron chi connectivity index (χ2n) is 5.28. The molecule has 0 amide bonds. The van der Waals surface area contributed by atoms with E-state index in [1.165, 1.54) is 0 Å². The van der Waals surface area contributed by atoms with E-state index in [0.717, 1.165) is 5.76 Å². The zero-order valence-corrected chi connectivity index (χ0v) is 14.8. The predicted molar refractivity (Wildman–Crippen MR) is 96.0 cm³/mol. The largest absolute Gasteiger partial charge is 0.497 e. The van der Waals surface area contributed by atoms with E-state index in [1.807, 2.05) is 19.1 Å². The maximum Gasteiger partial charge on any atom is 0.191 e. The van der Waals surface area contributed by atoms with Crippen LogP contribution in [0, 0.1) is 0 Å². The number of rotatable bonds is 8. The fourth-order valence-corrected chi connectivity index (χ4v) is 2.30. The summed E-state index contributed by atoms with van der Waals surface area (Å²) >= 11 is 0. The molecule has 0 saturated carbocycles. The van der Waals surface area contributed by atoms with Crippen LogP contribution in [0.1, 0.15) is 24.4 Å². The Morgan fingerprint density at radius 3 is 2.72 bits per heavy atom. The molecule has 0 aliphatic rings. The first-order chi connectivity index (χ1) is 12.2. The number of aliphatic hydroxyl groups is 1. The summed E-state index contributed by atoms with van der Waals surface area (Å²) in [5.41, 5.74) is 0.649. The molecule has 7 nitrogen and oxygen atoms in total. The molecule has 0 bridgehead atoms. The van der Waals surface area contributed by atoms with Crippen molar-refractivity contribution in [2.24, 2.45) is 4.99 Å². The predicted octanol–water partition coefficient (Wildman–Crippen LogP) is 2.09. The number of furan rings is 1. The Morgan fingerprint density at radius 2 is 2.08 bits per heavy atom. The van der Waals surface area contributed by atoms with Crippen LogP contribution in [0.5, 0.6) is 11.5 Å². The highest BCUT2D eigenvalue weighted by Gasteiger charge is 2.15. The molecule has 0 radical (unpaired) electrons. The number of guanidine groups is 1. The molecule has 2 aromatic rings. The van der Waals surface area contributed by atoms with Crippen LogP contribution in [-0.4, -0.2) is 38.4 Å². The summed E-state index contributed by atoms with van der Waals surface area (Å²) in [6, 6.07) is 9.01. The van der Waals surface area contributed by atoms with Gasteiger partial charge in [-0.3, -0.25) is 0 Å². The first-order valence-corrected chi connectivity index (χ1v) is 8.12. The summed E-state index contributed by atoms with van der Waals surface area (Å²) < 4.78 is 15.8. The summed E-state index contributed by atoms with van der Waals surface area (Å²) in [5, 5.41) is 16.8. The monoisotopic (exact) mass is 347 g/mol. The Morgan fingerprint density at radius 1 is 1.24 bits per heavy atom. The van der Waals surface area contributed by atoms with Gasteiger partial charge < -0.3 is 29.6 Å². The van der Waals surface area contributed by atoms with Crippen molar-refractivity contribution in [2.45, 2.75) is 19.6 Å². The van der Waals surface area contributed by atoms with Gasteiger partial charge in [-0.05, 0) is 37.3 Å². The van der Waals surface area contributed by atoms with Crippen LogP contribution in [0.25, 0.3) is 0 Å². The van der Waals surface area contributed by atoms with E-state index in [9.17, 15) is 5.11 Å². The molecule has 1 aromatic carbocycles. The van der Waals surface area contributed by atoms with Gasteiger partial charge >= 0.3 is 0 Å². The summed E-state index contributed by atoms with van der Waals surface area (Å²) in [4.78, 5) is 4.43. The fraction of sp³-hybridized carbons (Fsp3) is 0.389. The summed E-state index contributed by atoms with van der Waals surface area (Å²) in [7, 11) is 3.15. The van der Waals surface area contributed by atoms with Crippen molar-refractivity contribution in [3.8, 4) is 11.5 Å². The Kier molecular flexibility index (Phi) is 7.16. The second kappa shape index (κ2) is 9.58. The van der Waals surface area contributed by atoms with E-state index in [2.05, 4.69) is 15.6 Å². The summed E-state index contributed by atoms with van der Waals surface area (Å²) in [5.74, 6) is 2.63. The first kappa shape index (κ1) is 18.7. The van der Waals surface area contributed by atoms with Crippen molar-refractivity contribution in [3.05, 3.63) is 47.9 Å². The van der Waals surface area contributed by atoms with Gasteiger partial charge in [0.2, 0.25) is 0 Å². The first-order valence-electron chi connectivity index (χ1n) is 8.12. The quantitative estimate of drug-likeness (QED) is 0.501. The third-order valence-electron chi connectivity index (χ3n) is 3.58. The minimum absolute atomic E-state index is 0.271. The van der Waals surface area contributed by atoms with Crippen molar-refractivity contribution >= 4 is 5.96 Å². The molecular formula is C18H25N3O4. The summed E-state index contributed by atoms with van der Waals surface area (Å²) in [6.07, 6.45) is 0.835. The third kappa shape index (κ3) is 5.42. The number of ether oxygens (including phenoxy) is 2. The number of hydrogen-bond donors (Lipinski definition) is 3. The number of methoxy groups -OCH3 is 2. The molecule has 3 N–H and O–H groups in total. The number of aliphatic hydroxyl groups excluding tert-OH is 1. The van der Waals surface area contributed by atoms with E-state index in [-0.39, 0.29) is 6.54 Å². The topological polar surface area (TPSA) is 88.3 Å². The standard InChI is InChI=1S/C18H25N3O4/c1-4-19-18(20-11-14-6-5-9-25-14)21-12-16(22)15-10-13(23-2)7-8-17(15)24-3/h5-10,16,22H,4,11-12H2,1-3H3,(H2,19,20,21). The molecular weight excluding hydrogens is 322 g/mol. The molecule has 0 aliphatic heterocycles. The van der Waals surface area contributed by atoms with E-state index >= 15 is 0 Å². The van der Waals surface area contributed by atoms with Gasteiger partial charge in [0.05, 0.1) is 26.6 Å².